The van der Waals surface area contributed by atoms with Gasteiger partial charge in [-0.05, 0) is 23.8 Å². The second-order valence-corrected chi connectivity index (χ2v) is 3.60. The Kier molecular flexibility index (Phi) is 2.66. The predicted octanol–water partition coefficient (Wildman–Crippen LogP) is 3.45. The molecule has 0 amide bonds. The second-order valence-electron chi connectivity index (χ2n) is 2.77. The van der Waals surface area contributed by atoms with E-state index in [1.807, 2.05) is 24.3 Å². The SMILES string of the molecule is Clc1ccc(-c2cnnc(Cl)c2)cc1. The fourth-order valence-corrected chi connectivity index (χ4v) is 1.43. The number of aromatic nitrogens is 2. The van der Waals surface area contributed by atoms with Gasteiger partial charge in [0.1, 0.15) is 0 Å². The van der Waals surface area contributed by atoms with Crippen molar-refractivity contribution in [3.8, 4) is 11.1 Å². The Labute approximate surface area is 91.5 Å². The summed E-state index contributed by atoms with van der Waals surface area (Å²) in [4.78, 5) is 0. The molecule has 2 nitrogen and oxygen atoms in total. The first-order chi connectivity index (χ1) is 6.75. The van der Waals surface area contributed by atoms with Gasteiger partial charge in [0.25, 0.3) is 0 Å². The minimum Gasteiger partial charge on any atom is -0.157 e. The standard InChI is InChI=1S/C10H6Cl2N2/c11-9-3-1-7(2-4-9)8-5-10(12)14-13-6-8/h1-6H. The zero-order valence-corrected chi connectivity index (χ0v) is 8.63. The summed E-state index contributed by atoms with van der Waals surface area (Å²) in [6.45, 7) is 0. The molecule has 0 atom stereocenters. The summed E-state index contributed by atoms with van der Waals surface area (Å²) < 4.78 is 0. The monoisotopic (exact) mass is 224 g/mol. The van der Waals surface area contributed by atoms with Gasteiger partial charge < -0.3 is 0 Å². The molecule has 4 heteroatoms. The maximum absolute atomic E-state index is 5.78. The summed E-state index contributed by atoms with van der Waals surface area (Å²) in [5.41, 5.74) is 1.95. The van der Waals surface area contributed by atoms with Gasteiger partial charge in [-0.25, -0.2) is 0 Å². The highest BCUT2D eigenvalue weighted by molar-refractivity contribution is 6.30. The minimum atomic E-state index is 0.387. The zero-order valence-electron chi connectivity index (χ0n) is 7.11. The van der Waals surface area contributed by atoms with Crippen LogP contribution < -0.4 is 0 Å². The maximum Gasteiger partial charge on any atom is 0.152 e. The molecule has 14 heavy (non-hydrogen) atoms. The van der Waals surface area contributed by atoms with E-state index in [2.05, 4.69) is 10.2 Å². The number of hydrogen-bond acceptors (Lipinski definition) is 2. The number of rotatable bonds is 1. The molecule has 0 radical (unpaired) electrons. The summed E-state index contributed by atoms with van der Waals surface area (Å²) in [7, 11) is 0. The van der Waals surface area contributed by atoms with Crippen LogP contribution in [0.5, 0.6) is 0 Å². The first-order valence-electron chi connectivity index (χ1n) is 4.00. The largest absolute Gasteiger partial charge is 0.157 e. The van der Waals surface area contributed by atoms with Crippen LogP contribution in [0.4, 0.5) is 0 Å². The van der Waals surface area contributed by atoms with Crippen LogP contribution in [0.3, 0.4) is 0 Å². The molecule has 1 heterocycles. The summed E-state index contributed by atoms with van der Waals surface area (Å²) in [6, 6.07) is 9.24. The highest BCUT2D eigenvalue weighted by atomic mass is 35.5. The lowest BCUT2D eigenvalue weighted by Gasteiger charge is -2.00. The van der Waals surface area contributed by atoms with Gasteiger partial charge in [-0.3, -0.25) is 0 Å². The first kappa shape index (κ1) is 9.44. The molecular formula is C10H6Cl2N2. The molecule has 0 aliphatic rings. The van der Waals surface area contributed by atoms with Crippen molar-refractivity contribution < 1.29 is 0 Å². The third kappa shape index (κ3) is 2.03. The minimum absolute atomic E-state index is 0.387. The highest BCUT2D eigenvalue weighted by Crippen LogP contribution is 2.21. The normalized spacial score (nSPS) is 10.1. The van der Waals surface area contributed by atoms with Crippen LogP contribution in [0.15, 0.2) is 36.5 Å². The van der Waals surface area contributed by atoms with E-state index in [0.29, 0.717) is 10.2 Å². The van der Waals surface area contributed by atoms with Crippen LogP contribution in [0.25, 0.3) is 11.1 Å². The summed E-state index contributed by atoms with van der Waals surface area (Å²) >= 11 is 11.5. The van der Waals surface area contributed by atoms with Crippen LogP contribution >= 0.6 is 23.2 Å². The van der Waals surface area contributed by atoms with Crippen molar-refractivity contribution >= 4 is 23.2 Å². The van der Waals surface area contributed by atoms with E-state index in [4.69, 9.17) is 23.2 Å². The van der Waals surface area contributed by atoms with Crippen LogP contribution in [-0.2, 0) is 0 Å². The van der Waals surface area contributed by atoms with E-state index in [0.717, 1.165) is 11.1 Å². The fraction of sp³-hybridized carbons (Fsp3) is 0. The second kappa shape index (κ2) is 3.95. The van der Waals surface area contributed by atoms with E-state index in [9.17, 15) is 0 Å². The van der Waals surface area contributed by atoms with Gasteiger partial charge in [-0.2, -0.15) is 5.10 Å². The van der Waals surface area contributed by atoms with Crippen molar-refractivity contribution in [3.05, 3.63) is 46.7 Å². The average molecular weight is 225 g/mol. The lowest BCUT2D eigenvalue weighted by Crippen LogP contribution is -1.83. The smallest absolute Gasteiger partial charge is 0.152 e. The van der Waals surface area contributed by atoms with Crippen LogP contribution in [-0.4, -0.2) is 10.2 Å². The molecule has 0 N–H and O–H groups in total. The summed E-state index contributed by atoms with van der Waals surface area (Å²) in [5, 5.41) is 8.54. The highest BCUT2D eigenvalue weighted by Gasteiger charge is 1.99. The van der Waals surface area contributed by atoms with Crippen molar-refractivity contribution in [1.82, 2.24) is 10.2 Å². The molecule has 1 aromatic heterocycles. The molecular weight excluding hydrogens is 219 g/mol. The van der Waals surface area contributed by atoms with Gasteiger partial charge in [0.15, 0.2) is 5.15 Å². The Balaban J connectivity index is 2.44. The third-order valence-corrected chi connectivity index (χ3v) is 2.24. The van der Waals surface area contributed by atoms with Gasteiger partial charge in [-0.15, -0.1) is 5.10 Å². The van der Waals surface area contributed by atoms with E-state index >= 15 is 0 Å². The van der Waals surface area contributed by atoms with E-state index < -0.39 is 0 Å². The number of benzene rings is 1. The molecule has 1 aromatic carbocycles. The van der Waals surface area contributed by atoms with Gasteiger partial charge in [-0.1, -0.05) is 35.3 Å². The van der Waals surface area contributed by atoms with Gasteiger partial charge in [0.2, 0.25) is 0 Å². The molecule has 0 saturated carbocycles. The van der Waals surface area contributed by atoms with Crippen molar-refractivity contribution in [2.24, 2.45) is 0 Å². The summed E-state index contributed by atoms with van der Waals surface area (Å²) in [6.07, 6.45) is 1.66. The molecule has 0 saturated heterocycles. The Morgan fingerprint density at radius 2 is 1.64 bits per heavy atom. The lowest BCUT2D eigenvalue weighted by atomic mass is 10.1. The van der Waals surface area contributed by atoms with Crippen molar-refractivity contribution in [1.29, 1.82) is 0 Å². The molecule has 0 fully saturated rings. The Hall–Kier alpha value is -1.12. The average Bonchev–Trinajstić information content (AvgIpc) is 2.19. The summed E-state index contributed by atoms with van der Waals surface area (Å²) in [5.74, 6) is 0. The van der Waals surface area contributed by atoms with Gasteiger partial charge in [0.05, 0.1) is 6.20 Å². The van der Waals surface area contributed by atoms with Crippen LogP contribution in [0.2, 0.25) is 10.2 Å². The van der Waals surface area contributed by atoms with E-state index in [1.54, 1.807) is 12.3 Å². The van der Waals surface area contributed by atoms with E-state index in [-0.39, 0.29) is 0 Å². The number of nitrogens with zero attached hydrogens (tertiary/aromatic N) is 2. The van der Waals surface area contributed by atoms with Crippen molar-refractivity contribution in [3.63, 3.8) is 0 Å². The molecule has 0 spiro atoms. The number of hydrogen-bond donors (Lipinski definition) is 0. The Morgan fingerprint density at radius 3 is 2.29 bits per heavy atom. The Bertz CT molecular complexity index is 440. The zero-order chi connectivity index (χ0) is 9.97. The number of halogens is 2. The van der Waals surface area contributed by atoms with Gasteiger partial charge in [0, 0.05) is 10.6 Å². The quantitative estimate of drug-likeness (QED) is 0.742. The van der Waals surface area contributed by atoms with Crippen molar-refractivity contribution in [2.45, 2.75) is 0 Å². The topological polar surface area (TPSA) is 25.8 Å². The molecule has 0 aliphatic carbocycles. The van der Waals surface area contributed by atoms with Crippen LogP contribution in [0.1, 0.15) is 0 Å². The first-order valence-corrected chi connectivity index (χ1v) is 4.75. The molecule has 0 unspecified atom stereocenters. The van der Waals surface area contributed by atoms with Gasteiger partial charge >= 0.3 is 0 Å². The molecule has 2 aromatic rings. The molecule has 0 aliphatic heterocycles. The Morgan fingerprint density at radius 1 is 0.929 bits per heavy atom. The van der Waals surface area contributed by atoms with Crippen molar-refractivity contribution in [2.75, 3.05) is 0 Å². The third-order valence-electron chi connectivity index (χ3n) is 1.80. The van der Waals surface area contributed by atoms with E-state index in [1.165, 1.54) is 0 Å². The maximum atomic E-state index is 5.78. The van der Waals surface area contributed by atoms with Crippen LogP contribution in [0, 0.1) is 0 Å². The lowest BCUT2D eigenvalue weighted by molar-refractivity contribution is 1.03. The molecule has 0 bridgehead atoms. The molecule has 70 valence electrons. The molecule has 2 rings (SSSR count). The fourth-order valence-electron chi connectivity index (χ4n) is 1.14. The predicted molar refractivity (Wildman–Crippen MR) is 57.5 cm³/mol.